The van der Waals surface area contributed by atoms with Crippen LogP contribution in [0.4, 0.5) is 0 Å². The number of nitrogens with two attached hydrogens (primary N) is 1. The molecule has 3 N–H and O–H groups in total. The molecule has 0 aliphatic rings. The van der Waals surface area contributed by atoms with Crippen molar-refractivity contribution in [1.82, 2.24) is 0 Å². The van der Waals surface area contributed by atoms with E-state index in [4.69, 9.17) is 11.1 Å². The number of nitrogen functional groups attached to an aromatic ring is 1. The lowest BCUT2D eigenvalue weighted by atomic mass is 10.1. The Morgan fingerprint density at radius 2 is 2.19 bits per heavy atom. The number of rotatable bonds is 5. The summed E-state index contributed by atoms with van der Waals surface area (Å²) in [4.78, 5) is 1.13. The third-order valence-electron chi connectivity index (χ3n) is 2.65. The maximum Gasteiger partial charge on any atom is 0.123 e. The highest BCUT2D eigenvalue weighted by atomic mass is 32.2. The minimum atomic E-state index is 0.159. The number of amidine groups is 1. The molecule has 0 amide bonds. The summed E-state index contributed by atoms with van der Waals surface area (Å²) < 4.78 is 0. The number of hydrogen-bond donors (Lipinski definition) is 2. The van der Waals surface area contributed by atoms with Gasteiger partial charge < -0.3 is 5.73 Å². The molecule has 1 rings (SSSR count). The molecule has 0 bridgehead atoms. The van der Waals surface area contributed by atoms with Crippen molar-refractivity contribution in [3.8, 4) is 0 Å². The molecule has 0 spiro atoms. The second kappa shape index (κ2) is 5.94. The van der Waals surface area contributed by atoms with Gasteiger partial charge in [-0.05, 0) is 30.5 Å². The molecule has 1 aromatic rings. The Bertz CT molecular complexity index is 374. The highest BCUT2D eigenvalue weighted by Gasteiger charge is 2.08. The first-order valence-electron chi connectivity index (χ1n) is 5.62. The number of aryl methyl sites for hydroxylation is 1. The van der Waals surface area contributed by atoms with E-state index < -0.39 is 0 Å². The van der Waals surface area contributed by atoms with Gasteiger partial charge in [0.15, 0.2) is 0 Å². The third kappa shape index (κ3) is 3.56. The van der Waals surface area contributed by atoms with Gasteiger partial charge in [-0.15, -0.1) is 11.8 Å². The molecule has 0 fully saturated rings. The zero-order valence-electron chi connectivity index (χ0n) is 10.2. The highest BCUT2D eigenvalue weighted by Crippen LogP contribution is 2.26. The van der Waals surface area contributed by atoms with Crippen LogP contribution in [0.5, 0.6) is 0 Å². The summed E-state index contributed by atoms with van der Waals surface area (Å²) in [5, 5.41) is 7.54. The van der Waals surface area contributed by atoms with E-state index in [1.165, 1.54) is 12.0 Å². The fraction of sp³-hybridized carbons (Fsp3) is 0.462. The minimum Gasteiger partial charge on any atom is -0.384 e. The lowest BCUT2D eigenvalue weighted by molar-refractivity contribution is 0.637. The van der Waals surface area contributed by atoms with Crippen LogP contribution in [0.2, 0.25) is 0 Å². The Balaban J connectivity index is 2.84. The fourth-order valence-electron chi connectivity index (χ4n) is 1.32. The van der Waals surface area contributed by atoms with Crippen molar-refractivity contribution in [3.63, 3.8) is 0 Å². The van der Waals surface area contributed by atoms with E-state index in [0.29, 0.717) is 5.92 Å². The van der Waals surface area contributed by atoms with Gasteiger partial charge in [0.25, 0.3) is 0 Å². The number of thioether (sulfide) groups is 1. The fourth-order valence-corrected chi connectivity index (χ4v) is 2.62. The molecule has 3 heteroatoms. The topological polar surface area (TPSA) is 49.9 Å². The van der Waals surface area contributed by atoms with Gasteiger partial charge in [0.1, 0.15) is 5.84 Å². The maximum absolute atomic E-state index is 7.54. The second-order valence-electron chi connectivity index (χ2n) is 4.24. The smallest absolute Gasteiger partial charge is 0.123 e. The van der Waals surface area contributed by atoms with Gasteiger partial charge in [-0.3, -0.25) is 5.41 Å². The predicted molar refractivity (Wildman–Crippen MR) is 72.4 cm³/mol. The Morgan fingerprint density at radius 3 is 2.75 bits per heavy atom. The number of benzene rings is 1. The molecular formula is C13H20N2S. The molecule has 2 nitrogen and oxygen atoms in total. The average Bonchev–Trinajstić information content (AvgIpc) is 2.25. The van der Waals surface area contributed by atoms with Crippen LogP contribution < -0.4 is 5.73 Å². The number of hydrogen-bond acceptors (Lipinski definition) is 2. The van der Waals surface area contributed by atoms with Crippen molar-refractivity contribution in [2.45, 2.75) is 32.1 Å². The molecule has 0 heterocycles. The van der Waals surface area contributed by atoms with Crippen molar-refractivity contribution in [1.29, 1.82) is 5.41 Å². The molecule has 0 aliphatic carbocycles. The average molecular weight is 236 g/mol. The molecule has 88 valence electrons. The largest absolute Gasteiger partial charge is 0.384 e. The minimum absolute atomic E-state index is 0.159. The second-order valence-corrected chi connectivity index (χ2v) is 5.30. The zero-order chi connectivity index (χ0) is 12.1. The maximum atomic E-state index is 7.54. The SMILES string of the molecule is CCC(C)CSc1cc(C)ccc1C(=N)N. The summed E-state index contributed by atoms with van der Waals surface area (Å²) in [5.41, 5.74) is 7.65. The van der Waals surface area contributed by atoms with E-state index in [1.807, 2.05) is 12.1 Å². The monoisotopic (exact) mass is 236 g/mol. The highest BCUT2D eigenvalue weighted by molar-refractivity contribution is 7.99. The molecule has 0 aliphatic heterocycles. The van der Waals surface area contributed by atoms with Gasteiger partial charge >= 0.3 is 0 Å². The zero-order valence-corrected chi connectivity index (χ0v) is 11.0. The first-order chi connectivity index (χ1) is 7.54. The van der Waals surface area contributed by atoms with Crippen molar-refractivity contribution in [2.75, 3.05) is 5.75 Å². The lowest BCUT2D eigenvalue weighted by Gasteiger charge is -2.11. The van der Waals surface area contributed by atoms with E-state index >= 15 is 0 Å². The third-order valence-corrected chi connectivity index (χ3v) is 4.03. The Labute approximate surface area is 102 Å². The molecule has 16 heavy (non-hydrogen) atoms. The van der Waals surface area contributed by atoms with Crippen molar-refractivity contribution in [3.05, 3.63) is 29.3 Å². The Hall–Kier alpha value is -0.960. The van der Waals surface area contributed by atoms with Crippen LogP contribution >= 0.6 is 11.8 Å². The first kappa shape index (κ1) is 13.1. The van der Waals surface area contributed by atoms with E-state index in [-0.39, 0.29) is 5.84 Å². The van der Waals surface area contributed by atoms with Crippen LogP contribution in [0.25, 0.3) is 0 Å². The normalized spacial score (nSPS) is 12.4. The van der Waals surface area contributed by atoms with Crippen LogP contribution in [0.1, 0.15) is 31.4 Å². The van der Waals surface area contributed by atoms with Gasteiger partial charge in [0.05, 0.1) is 0 Å². The van der Waals surface area contributed by atoms with Crippen LogP contribution in [0.15, 0.2) is 23.1 Å². The van der Waals surface area contributed by atoms with Crippen molar-refractivity contribution < 1.29 is 0 Å². The molecular weight excluding hydrogens is 216 g/mol. The van der Waals surface area contributed by atoms with Crippen LogP contribution in [0.3, 0.4) is 0 Å². The molecule has 1 aromatic carbocycles. The quantitative estimate of drug-likeness (QED) is 0.467. The Morgan fingerprint density at radius 1 is 1.50 bits per heavy atom. The summed E-state index contributed by atoms with van der Waals surface area (Å²) in [6.07, 6.45) is 1.19. The van der Waals surface area contributed by atoms with Crippen molar-refractivity contribution >= 4 is 17.6 Å². The van der Waals surface area contributed by atoms with Crippen molar-refractivity contribution in [2.24, 2.45) is 11.7 Å². The molecule has 0 aromatic heterocycles. The Kier molecular flexibility index (Phi) is 4.87. The van der Waals surface area contributed by atoms with E-state index in [2.05, 4.69) is 26.8 Å². The van der Waals surface area contributed by atoms with E-state index in [9.17, 15) is 0 Å². The molecule has 0 radical (unpaired) electrons. The van der Waals surface area contributed by atoms with Crippen LogP contribution in [-0.2, 0) is 0 Å². The van der Waals surface area contributed by atoms with Gasteiger partial charge in [-0.1, -0.05) is 26.3 Å². The number of nitrogens with one attached hydrogen (secondary N) is 1. The summed E-state index contributed by atoms with van der Waals surface area (Å²) in [5.74, 6) is 1.94. The molecule has 0 saturated heterocycles. The van der Waals surface area contributed by atoms with E-state index in [0.717, 1.165) is 16.2 Å². The standard InChI is InChI=1S/C13H20N2S/c1-4-9(2)8-16-12-7-10(3)5-6-11(12)13(14)15/h5-7,9H,4,8H2,1-3H3,(H3,14,15). The summed E-state index contributed by atoms with van der Waals surface area (Å²) in [6.45, 7) is 6.51. The van der Waals surface area contributed by atoms with Gasteiger partial charge in [0.2, 0.25) is 0 Å². The summed E-state index contributed by atoms with van der Waals surface area (Å²) >= 11 is 1.80. The van der Waals surface area contributed by atoms with Gasteiger partial charge in [-0.2, -0.15) is 0 Å². The van der Waals surface area contributed by atoms with Gasteiger partial charge in [-0.25, -0.2) is 0 Å². The van der Waals surface area contributed by atoms with E-state index in [1.54, 1.807) is 11.8 Å². The molecule has 1 unspecified atom stereocenters. The molecule has 0 saturated carbocycles. The molecule has 1 atom stereocenters. The van der Waals surface area contributed by atoms with Gasteiger partial charge in [0, 0.05) is 16.2 Å². The lowest BCUT2D eigenvalue weighted by Crippen LogP contribution is -2.12. The van der Waals surface area contributed by atoms with Crippen LogP contribution in [0, 0.1) is 18.3 Å². The summed E-state index contributed by atoms with van der Waals surface area (Å²) in [7, 11) is 0. The van der Waals surface area contributed by atoms with Crippen LogP contribution in [-0.4, -0.2) is 11.6 Å². The first-order valence-corrected chi connectivity index (χ1v) is 6.61. The summed E-state index contributed by atoms with van der Waals surface area (Å²) in [6, 6.07) is 6.06. The predicted octanol–water partition coefficient (Wildman–Crippen LogP) is 3.42.